The normalized spacial score (nSPS) is 18.7. The van der Waals surface area contributed by atoms with Gasteiger partial charge in [0.15, 0.2) is 5.82 Å². The number of rotatable bonds is 3. The standard InChI is InChI=1S/C17H26N6O/c1-17(2,3)23-16(18-19-20-23)15(13-5-7-14(24)8-6-13)22-11-9-21(4)10-12-22/h5-8,15,24H,9-12H2,1-4H3/t15-/m0/s1. The summed E-state index contributed by atoms with van der Waals surface area (Å²) in [6.07, 6.45) is 0. The molecule has 0 amide bonds. The minimum atomic E-state index is -0.194. The van der Waals surface area contributed by atoms with E-state index in [0.29, 0.717) is 0 Å². The quantitative estimate of drug-likeness (QED) is 0.919. The topological polar surface area (TPSA) is 70.3 Å². The molecule has 130 valence electrons. The van der Waals surface area contributed by atoms with Crippen molar-refractivity contribution in [3.63, 3.8) is 0 Å². The largest absolute Gasteiger partial charge is 0.508 e. The van der Waals surface area contributed by atoms with E-state index in [1.807, 2.05) is 16.8 Å². The number of phenols is 1. The van der Waals surface area contributed by atoms with E-state index in [9.17, 15) is 5.11 Å². The van der Waals surface area contributed by atoms with Crippen molar-refractivity contribution in [2.24, 2.45) is 0 Å². The van der Waals surface area contributed by atoms with Crippen LogP contribution in [0.25, 0.3) is 0 Å². The van der Waals surface area contributed by atoms with Gasteiger partial charge in [-0.2, -0.15) is 0 Å². The van der Waals surface area contributed by atoms with Gasteiger partial charge in [0.05, 0.1) is 11.6 Å². The average Bonchev–Trinajstić information content (AvgIpc) is 3.01. The first-order valence-corrected chi connectivity index (χ1v) is 8.36. The second-order valence-electron chi connectivity index (χ2n) is 7.45. The lowest BCUT2D eigenvalue weighted by Crippen LogP contribution is -2.47. The van der Waals surface area contributed by atoms with Crippen LogP contribution in [0.1, 0.15) is 38.2 Å². The van der Waals surface area contributed by atoms with Crippen molar-refractivity contribution in [1.82, 2.24) is 30.0 Å². The number of aromatic nitrogens is 4. The molecule has 1 fully saturated rings. The Hall–Kier alpha value is -1.99. The molecular weight excluding hydrogens is 304 g/mol. The molecule has 2 aromatic rings. The Morgan fingerprint density at radius 1 is 1.04 bits per heavy atom. The second-order valence-corrected chi connectivity index (χ2v) is 7.45. The van der Waals surface area contributed by atoms with Crippen molar-refractivity contribution in [2.45, 2.75) is 32.4 Å². The molecule has 1 atom stereocenters. The number of hydrogen-bond acceptors (Lipinski definition) is 6. The van der Waals surface area contributed by atoms with Crippen molar-refractivity contribution in [3.05, 3.63) is 35.7 Å². The SMILES string of the molecule is CN1CCN([C@@H](c2ccc(O)cc2)c2nnnn2C(C)(C)C)CC1. The molecule has 0 spiro atoms. The van der Waals surface area contributed by atoms with Crippen molar-refractivity contribution in [1.29, 1.82) is 0 Å². The van der Waals surface area contributed by atoms with E-state index in [0.717, 1.165) is 37.6 Å². The molecule has 1 aromatic carbocycles. The second kappa shape index (κ2) is 6.49. The van der Waals surface area contributed by atoms with E-state index in [1.54, 1.807) is 12.1 Å². The van der Waals surface area contributed by atoms with E-state index < -0.39 is 0 Å². The smallest absolute Gasteiger partial charge is 0.173 e. The third-order valence-corrected chi connectivity index (χ3v) is 4.49. The highest BCUT2D eigenvalue weighted by Gasteiger charge is 2.32. The van der Waals surface area contributed by atoms with Gasteiger partial charge in [-0.15, -0.1) is 5.10 Å². The van der Waals surface area contributed by atoms with Crippen LogP contribution in [0.4, 0.5) is 0 Å². The number of likely N-dealkylation sites (N-methyl/N-ethyl adjacent to an activating group) is 1. The first kappa shape index (κ1) is 16.9. The summed E-state index contributed by atoms with van der Waals surface area (Å²) in [6, 6.07) is 7.35. The van der Waals surface area contributed by atoms with Gasteiger partial charge in [0.25, 0.3) is 0 Å². The molecule has 0 unspecified atom stereocenters. The molecule has 7 nitrogen and oxygen atoms in total. The first-order valence-electron chi connectivity index (χ1n) is 8.36. The van der Waals surface area contributed by atoms with Gasteiger partial charge in [-0.05, 0) is 55.9 Å². The molecule has 1 aliphatic rings. The third-order valence-electron chi connectivity index (χ3n) is 4.49. The monoisotopic (exact) mass is 330 g/mol. The van der Waals surface area contributed by atoms with Crippen LogP contribution in [-0.2, 0) is 5.54 Å². The summed E-state index contributed by atoms with van der Waals surface area (Å²) in [5, 5.41) is 22.2. The summed E-state index contributed by atoms with van der Waals surface area (Å²) in [5.74, 6) is 1.11. The Labute approximate surface area is 142 Å². The van der Waals surface area contributed by atoms with Gasteiger partial charge in [-0.1, -0.05) is 12.1 Å². The van der Waals surface area contributed by atoms with E-state index >= 15 is 0 Å². The van der Waals surface area contributed by atoms with Crippen LogP contribution in [0.2, 0.25) is 0 Å². The lowest BCUT2D eigenvalue weighted by Gasteiger charge is -2.38. The van der Waals surface area contributed by atoms with Crippen molar-refractivity contribution < 1.29 is 5.11 Å². The molecule has 1 aromatic heterocycles. The maximum absolute atomic E-state index is 9.63. The minimum absolute atomic E-state index is 0.0199. The van der Waals surface area contributed by atoms with Crippen LogP contribution in [0.15, 0.2) is 24.3 Å². The number of benzene rings is 1. The fourth-order valence-electron chi connectivity index (χ4n) is 3.10. The molecule has 1 N–H and O–H groups in total. The summed E-state index contributed by atoms with van der Waals surface area (Å²) < 4.78 is 1.91. The maximum Gasteiger partial charge on any atom is 0.173 e. The summed E-state index contributed by atoms with van der Waals surface area (Å²) in [4.78, 5) is 4.75. The molecule has 0 aliphatic carbocycles. The molecule has 1 saturated heterocycles. The van der Waals surface area contributed by atoms with E-state index in [2.05, 4.69) is 53.1 Å². The lowest BCUT2D eigenvalue weighted by atomic mass is 10.0. The number of nitrogens with zero attached hydrogens (tertiary/aromatic N) is 6. The van der Waals surface area contributed by atoms with Crippen LogP contribution in [-0.4, -0.2) is 68.3 Å². The number of hydrogen-bond donors (Lipinski definition) is 1. The first-order chi connectivity index (χ1) is 11.4. The van der Waals surface area contributed by atoms with Gasteiger partial charge < -0.3 is 10.0 Å². The van der Waals surface area contributed by atoms with Gasteiger partial charge in [0.2, 0.25) is 0 Å². The summed E-state index contributed by atoms with van der Waals surface area (Å²) >= 11 is 0. The highest BCUT2D eigenvalue weighted by atomic mass is 16.3. The minimum Gasteiger partial charge on any atom is -0.508 e. The molecule has 0 saturated carbocycles. The zero-order chi connectivity index (χ0) is 17.3. The predicted octanol–water partition coefficient (Wildman–Crippen LogP) is 1.47. The molecular formula is C17H26N6O. The van der Waals surface area contributed by atoms with Crippen molar-refractivity contribution in [2.75, 3.05) is 33.2 Å². The van der Waals surface area contributed by atoms with Crippen molar-refractivity contribution in [3.8, 4) is 5.75 Å². The van der Waals surface area contributed by atoms with Crippen LogP contribution in [0, 0.1) is 0 Å². The molecule has 1 aliphatic heterocycles. The number of aromatic hydroxyl groups is 1. The fourth-order valence-corrected chi connectivity index (χ4v) is 3.10. The molecule has 24 heavy (non-hydrogen) atoms. The predicted molar refractivity (Wildman–Crippen MR) is 91.8 cm³/mol. The Morgan fingerprint density at radius 2 is 1.67 bits per heavy atom. The number of piperazine rings is 1. The van der Waals surface area contributed by atoms with E-state index in [1.165, 1.54) is 0 Å². The van der Waals surface area contributed by atoms with Crippen LogP contribution in [0.5, 0.6) is 5.75 Å². The van der Waals surface area contributed by atoms with Gasteiger partial charge in [-0.3, -0.25) is 4.90 Å². The highest BCUT2D eigenvalue weighted by molar-refractivity contribution is 5.31. The zero-order valence-electron chi connectivity index (χ0n) is 14.8. The lowest BCUT2D eigenvalue weighted by molar-refractivity contribution is 0.118. The molecule has 0 radical (unpaired) electrons. The Bertz CT molecular complexity index is 667. The maximum atomic E-state index is 9.63. The fraction of sp³-hybridized carbons (Fsp3) is 0.588. The van der Waals surface area contributed by atoms with Gasteiger partial charge in [-0.25, -0.2) is 4.68 Å². The average molecular weight is 330 g/mol. The van der Waals surface area contributed by atoms with Crippen LogP contribution >= 0.6 is 0 Å². The van der Waals surface area contributed by atoms with Crippen molar-refractivity contribution >= 4 is 0 Å². The number of phenolic OH excluding ortho intramolecular Hbond substituents is 1. The Balaban J connectivity index is 2.02. The van der Waals surface area contributed by atoms with Gasteiger partial charge >= 0.3 is 0 Å². The molecule has 3 rings (SSSR count). The molecule has 0 bridgehead atoms. The molecule has 2 heterocycles. The van der Waals surface area contributed by atoms with E-state index in [-0.39, 0.29) is 17.3 Å². The van der Waals surface area contributed by atoms with Crippen LogP contribution in [0.3, 0.4) is 0 Å². The summed E-state index contributed by atoms with van der Waals surface area (Å²) in [7, 11) is 2.14. The Kier molecular flexibility index (Phi) is 4.56. The van der Waals surface area contributed by atoms with Crippen LogP contribution < -0.4 is 0 Å². The zero-order valence-corrected chi connectivity index (χ0v) is 14.8. The Morgan fingerprint density at radius 3 is 2.25 bits per heavy atom. The molecule has 7 heteroatoms. The van der Waals surface area contributed by atoms with Gasteiger partial charge in [0, 0.05) is 26.2 Å². The third kappa shape index (κ3) is 3.42. The number of tetrazole rings is 1. The van der Waals surface area contributed by atoms with E-state index in [4.69, 9.17) is 0 Å². The highest BCUT2D eigenvalue weighted by Crippen LogP contribution is 2.31. The summed E-state index contributed by atoms with van der Waals surface area (Å²) in [6.45, 7) is 10.3. The summed E-state index contributed by atoms with van der Waals surface area (Å²) in [5.41, 5.74) is 0.901. The van der Waals surface area contributed by atoms with Gasteiger partial charge in [0.1, 0.15) is 5.75 Å².